The molecule has 3 aromatic carbocycles. The van der Waals surface area contributed by atoms with Gasteiger partial charge in [-0.25, -0.2) is 4.98 Å². The average Bonchev–Trinajstić information content (AvgIpc) is 3.10. The van der Waals surface area contributed by atoms with Crippen LogP contribution >= 0.6 is 0 Å². The van der Waals surface area contributed by atoms with Crippen LogP contribution in [-0.4, -0.2) is 28.4 Å². The molecule has 4 rings (SSSR count). The van der Waals surface area contributed by atoms with Crippen molar-refractivity contribution in [1.82, 2.24) is 9.55 Å². The lowest BCUT2D eigenvalue weighted by atomic mass is 9.44. The van der Waals surface area contributed by atoms with Crippen molar-refractivity contribution in [3.63, 3.8) is 0 Å². The smallest absolute Gasteiger partial charge is 0.242 e. The van der Waals surface area contributed by atoms with Crippen molar-refractivity contribution < 1.29 is 5.11 Å². The van der Waals surface area contributed by atoms with Gasteiger partial charge in [-0.3, -0.25) is 0 Å². The summed E-state index contributed by atoms with van der Waals surface area (Å²) in [4.78, 5) is 4.67. The van der Waals surface area contributed by atoms with Crippen LogP contribution < -0.4 is 4.72 Å². The molecule has 4 aromatic rings. The highest BCUT2D eigenvalue weighted by molar-refractivity contribution is 6.82. The summed E-state index contributed by atoms with van der Waals surface area (Å²) in [5.41, 5.74) is 5.46. The largest absolute Gasteiger partial charge is 0.508 e. The molecule has 30 heavy (non-hydrogen) atoms. The van der Waals surface area contributed by atoms with E-state index in [2.05, 4.69) is 84.0 Å². The highest BCUT2D eigenvalue weighted by Gasteiger charge is 2.29. The Morgan fingerprint density at radius 2 is 1.40 bits per heavy atom. The number of imidazole rings is 1. The number of hydrogen-bond acceptors (Lipinski definition) is 3. The summed E-state index contributed by atoms with van der Waals surface area (Å²) in [7, 11) is 1.96. The quantitative estimate of drug-likeness (QED) is 0.453. The van der Waals surface area contributed by atoms with Crippen LogP contribution in [0.4, 0.5) is 5.69 Å². The normalized spacial score (nSPS) is 10.9. The predicted octanol–water partition coefficient (Wildman–Crippen LogP) is 4.89. The Morgan fingerprint density at radius 1 is 0.867 bits per heavy atom. The fourth-order valence-electron chi connectivity index (χ4n) is 4.41. The number of aryl methyl sites for hydroxylation is 1. The molecule has 0 unspecified atom stereocenters. The van der Waals surface area contributed by atoms with Gasteiger partial charge in [-0.2, -0.15) is 0 Å². The summed E-state index contributed by atoms with van der Waals surface area (Å²) in [5, 5.41) is 10.5. The molecule has 0 atom stereocenters. The van der Waals surface area contributed by atoms with Gasteiger partial charge in [0.05, 0.1) is 11.8 Å². The lowest BCUT2D eigenvalue weighted by Crippen LogP contribution is -2.49. The third-order valence-corrected chi connectivity index (χ3v) is 5.77. The van der Waals surface area contributed by atoms with Crippen molar-refractivity contribution in [3.8, 4) is 5.75 Å². The summed E-state index contributed by atoms with van der Waals surface area (Å²) in [6, 6.07) is 24.8. The molecular formula is C24H27B2N3O. The zero-order valence-corrected chi connectivity index (χ0v) is 17.9. The number of anilines is 1. The number of fused-ring (bicyclic) bond motifs is 1. The van der Waals surface area contributed by atoms with E-state index in [0.717, 1.165) is 29.4 Å². The van der Waals surface area contributed by atoms with Crippen LogP contribution in [0, 0.1) is 0 Å². The van der Waals surface area contributed by atoms with Crippen LogP contribution in [0.25, 0.3) is 11.0 Å². The molecule has 150 valence electrons. The van der Waals surface area contributed by atoms with Crippen LogP contribution in [0.2, 0.25) is 13.6 Å². The van der Waals surface area contributed by atoms with E-state index < -0.39 is 0 Å². The lowest BCUT2D eigenvalue weighted by Gasteiger charge is -2.35. The van der Waals surface area contributed by atoms with Crippen LogP contribution in [0.3, 0.4) is 0 Å². The molecule has 0 aliphatic carbocycles. The first-order chi connectivity index (χ1) is 14.5. The van der Waals surface area contributed by atoms with Crippen LogP contribution in [0.5, 0.6) is 5.75 Å². The minimum Gasteiger partial charge on any atom is -0.508 e. The number of hydrogen-bond donors (Lipinski definition) is 1. The third-order valence-electron chi connectivity index (χ3n) is 5.77. The first kappa shape index (κ1) is 20.1. The summed E-state index contributed by atoms with van der Waals surface area (Å²) in [6.07, 6.45) is 3.66. The fraction of sp³-hybridized carbons (Fsp3) is 0.208. The minimum absolute atomic E-state index is 0.234. The molecule has 6 heteroatoms. The molecular weight excluding hydrogens is 368 g/mol. The molecule has 0 saturated heterocycles. The maximum Gasteiger partial charge on any atom is 0.242 e. The van der Waals surface area contributed by atoms with Crippen molar-refractivity contribution in [2.45, 2.75) is 26.3 Å². The Labute approximate surface area is 179 Å². The third kappa shape index (κ3) is 4.23. The van der Waals surface area contributed by atoms with Gasteiger partial charge < -0.3 is 14.4 Å². The van der Waals surface area contributed by atoms with Crippen molar-refractivity contribution >= 4 is 30.4 Å². The van der Waals surface area contributed by atoms with Gasteiger partial charge in [0, 0.05) is 24.9 Å². The first-order valence-corrected chi connectivity index (χ1v) is 10.5. The zero-order valence-electron chi connectivity index (χ0n) is 17.9. The second-order valence-corrected chi connectivity index (χ2v) is 8.17. The van der Waals surface area contributed by atoms with E-state index in [9.17, 15) is 5.11 Å². The lowest BCUT2D eigenvalue weighted by molar-refractivity contribution is 0.476. The number of benzene rings is 3. The Hall–Kier alpha value is -3.14. The van der Waals surface area contributed by atoms with Crippen molar-refractivity contribution in [2.75, 3.05) is 4.72 Å². The SMILES string of the molecule is CB(Cc1ccccc1)N(B(C)Cc1ccccc1)c1cc(O)cc2c1ncn2C. The molecule has 0 bridgehead atoms. The van der Waals surface area contributed by atoms with E-state index in [-0.39, 0.29) is 19.4 Å². The van der Waals surface area contributed by atoms with Gasteiger partial charge in [0.25, 0.3) is 0 Å². The molecule has 4 nitrogen and oxygen atoms in total. The Bertz CT molecular complexity index is 1070. The number of phenols is 1. The maximum atomic E-state index is 10.5. The molecule has 0 saturated carbocycles. The second kappa shape index (κ2) is 8.70. The standard InChI is InChI=1S/C24H27B2N3O/c1-25(16-19-10-6-4-7-11-19)29(26(2)17-20-12-8-5-9-13-20)23-15-21(30)14-22-24(23)27-18-28(22)3/h4-15,18,30H,16-17H2,1-3H3. The van der Waals surface area contributed by atoms with E-state index in [0.29, 0.717) is 0 Å². The maximum absolute atomic E-state index is 10.5. The van der Waals surface area contributed by atoms with Gasteiger partial charge in [0.2, 0.25) is 13.7 Å². The summed E-state index contributed by atoms with van der Waals surface area (Å²) >= 11 is 0. The van der Waals surface area contributed by atoms with Crippen molar-refractivity contribution in [3.05, 3.63) is 90.3 Å². The van der Waals surface area contributed by atoms with Gasteiger partial charge in [0.1, 0.15) is 11.3 Å². The Balaban J connectivity index is 1.75. The molecule has 0 amide bonds. The number of aromatic nitrogens is 2. The van der Waals surface area contributed by atoms with E-state index >= 15 is 0 Å². The van der Waals surface area contributed by atoms with Crippen LogP contribution in [0.1, 0.15) is 11.1 Å². The van der Waals surface area contributed by atoms with E-state index in [1.165, 1.54) is 11.1 Å². The number of aromatic hydroxyl groups is 1. The first-order valence-electron chi connectivity index (χ1n) is 10.5. The number of rotatable bonds is 7. The Kier molecular flexibility index (Phi) is 5.84. The molecule has 0 aliphatic heterocycles. The zero-order chi connectivity index (χ0) is 21.1. The summed E-state index contributed by atoms with van der Waals surface area (Å²) in [6.45, 7) is 4.98. The van der Waals surface area contributed by atoms with Gasteiger partial charge in [-0.15, -0.1) is 0 Å². The van der Waals surface area contributed by atoms with E-state index in [4.69, 9.17) is 0 Å². The number of nitrogens with zero attached hydrogens (tertiary/aromatic N) is 3. The molecule has 0 radical (unpaired) electrons. The monoisotopic (exact) mass is 395 g/mol. The molecule has 1 aromatic heterocycles. The van der Waals surface area contributed by atoms with Crippen molar-refractivity contribution in [2.24, 2.45) is 7.05 Å². The highest BCUT2D eigenvalue weighted by Crippen LogP contribution is 2.32. The molecule has 1 N–H and O–H groups in total. The van der Waals surface area contributed by atoms with E-state index in [1.54, 1.807) is 6.07 Å². The van der Waals surface area contributed by atoms with Crippen LogP contribution in [0.15, 0.2) is 79.1 Å². The summed E-state index contributed by atoms with van der Waals surface area (Å²) < 4.78 is 4.38. The average molecular weight is 395 g/mol. The second-order valence-electron chi connectivity index (χ2n) is 8.17. The van der Waals surface area contributed by atoms with Gasteiger partial charge in [0.15, 0.2) is 0 Å². The highest BCUT2D eigenvalue weighted by atomic mass is 16.3. The molecule has 1 heterocycles. The topological polar surface area (TPSA) is 41.3 Å². The van der Waals surface area contributed by atoms with Gasteiger partial charge in [-0.05, 0) is 12.6 Å². The molecule has 0 fully saturated rings. The number of phenolic OH excluding ortho intramolecular Hbond substituents is 1. The predicted molar refractivity (Wildman–Crippen MR) is 128 cm³/mol. The van der Waals surface area contributed by atoms with Crippen LogP contribution in [-0.2, 0) is 19.7 Å². The molecule has 0 spiro atoms. The van der Waals surface area contributed by atoms with Crippen molar-refractivity contribution in [1.29, 1.82) is 0 Å². The molecule has 0 aliphatic rings. The van der Waals surface area contributed by atoms with Gasteiger partial charge >= 0.3 is 0 Å². The summed E-state index contributed by atoms with van der Waals surface area (Å²) in [5.74, 6) is 0.268. The fourth-order valence-corrected chi connectivity index (χ4v) is 4.41. The van der Waals surface area contributed by atoms with E-state index in [1.807, 2.05) is 24.0 Å². The minimum atomic E-state index is 0.234. The Morgan fingerprint density at radius 3 is 1.93 bits per heavy atom. The van der Waals surface area contributed by atoms with Gasteiger partial charge in [-0.1, -0.05) is 85.4 Å².